The largest absolute Gasteiger partial charge is 0.486 e. The fraction of sp³-hybridized carbons (Fsp3) is 0.478. The average Bonchev–Trinajstić information content (AvgIpc) is 3.25. The summed E-state index contributed by atoms with van der Waals surface area (Å²) in [7, 11) is 0. The standard InChI is InChI=1S/C23H30N2O3/c26-17-21(19-6-2-1-3-7-19)24-20(16-25-10-4-5-11-25)14-18-8-9-22-23(15-18)28-13-12-27-22/h1-3,6-9,15,20-21,24,26H,4-5,10-14,16-17H2/t20-,21?/m0/s1. The van der Waals surface area contributed by atoms with Gasteiger partial charge in [0.15, 0.2) is 11.5 Å². The molecule has 28 heavy (non-hydrogen) atoms. The number of hydrogen-bond acceptors (Lipinski definition) is 5. The predicted molar refractivity (Wildman–Crippen MR) is 110 cm³/mol. The minimum absolute atomic E-state index is 0.0639. The van der Waals surface area contributed by atoms with Crippen molar-refractivity contribution < 1.29 is 14.6 Å². The third kappa shape index (κ3) is 4.85. The molecule has 0 bridgehead atoms. The Morgan fingerprint density at radius 1 is 0.964 bits per heavy atom. The highest BCUT2D eigenvalue weighted by Crippen LogP contribution is 2.31. The van der Waals surface area contributed by atoms with Gasteiger partial charge in [-0.25, -0.2) is 0 Å². The number of nitrogens with one attached hydrogen (secondary N) is 1. The molecule has 4 rings (SSSR count). The fourth-order valence-electron chi connectivity index (χ4n) is 4.18. The molecule has 0 saturated carbocycles. The lowest BCUT2D eigenvalue weighted by molar-refractivity contribution is 0.171. The van der Waals surface area contributed by atoms with Crippen LogP contribution in [0, 0.1) is 0 Å². The van der Waals surface area contributed by atoms with E-state index in [2.05, 4.69) is 34.5 Å². The van der Waals surface area contributed by atoms with Crippen LogP contribution in [0.15, 0.2) is 48.5 Å². The molecule has 0 aliphatic carbocycles. The van der Waals surface area contributed by atoms with Crippen molar-refractivity contribution in [2.45, 2.75) is 31.3 Å². The summed E-state index contributed by atoms with van der Waals surface area (Å²) in [6, 6.07) is 16.6. The molecule has 1 saturated heterocycles. The van der Waals surface area contributed by atoms with E-state index in [-0.39, 0.29) is 18.7 Å². The molecule has 2 aromatic carbocycles. The second kappa shape index (κ2) is 9.41. The van der Waals surface area contributed by atoms with Crippen molar-refractivity contribution in [1.29, 1.82) is 0 Å². The molecule has 2 aromatic rings. The van der Waals surface area contributed by atoms with Gasteiger partial charge >= 0.3 is 0 Å². The summed E-state index contributed by atoms with van der Waals surface area (Å²) in [4.78, 5) is 2.52. The summed E-state index contributed by atoms with van der Waals surface area (Å²) in [5, 5.41) is 13.7. The quantitative estimate of drug-likeness (QED) is 0.735. The van der Waals surface area contributed by atoms with Crippen molar-refractivity contribution in [3.05, 3.63) is 59.7 Å². The maximum absolute atomic E-state index is 10.0. The Labute approximate surface area is 167 Å². The van der Waals surface area contributed by atoms with Crippen molar-refractivity contribution in [3.8, 4) is 11.5 Å². The lowest BCUT2D eigenvalue weighted by Crippen LogP contribution is -2.44. The first-order valence-corrected chi connectivity index (χ1v) is 10.3. The van der Waals surface area contributed by atoms with Crippen LogP contribution < -0.4 is 14.8 Å². The summed E-state index contributed by atoms with van der Waals surface area (Å²) < 4.78 is 11.4. The summed E-state index contributed by atoms with van der Waals surface area (Å²) in [5.41, 5.74) is 2.35. The zero-order valence-electron chi connectivity index (χ0n) is 16.3. The Morgan fingerprint density at radius 3 is 2.46 bits per heavy atom. The van der Waals surface area contributed by atoms with Gasteiger partial charge in [0.25, 0.3) is 0 Å². The first-order chi connectivity index (χ1) is 13.8. The molecule has 2 N–H and O–H groups in total. The minimum Gasteiger partial charge on any atom is -0.486 e. The van der Waals surface area contributed by atoms with Crippen molar-refractivity contribution >= 4 is 0 Å². The number of ether oxygens (including phenoxy) is 2. The van der Waals surface area contributed by atoms with Gasteiger partial charge in [-0.2, -0.15) is 0 Å². The monoisotopic (exact) mass is 382 g/mol. The van der Waals surface area contributed by atoms with E-state index < -0.39 is 0 Å². The molecule has 0 amide bonds. The van der Waals surface area contributed by atoms with E-state index in [0.717, 1.165) is 43.1 Å². The number of likely N-dealkylation sites (tertiary alicyclic amines) is 1. The van der Waals surface area contributed by atoms with Crippen molar-refractivity contribution in [1.82, 2.24) is 10.2 Å². The van der Waals surface area contributed by atoms with Crippen LogP contribution in [-0.4, -0.2) is 55.5 Å². The highest BCUT2D eigenvalue weighted by molar-refractivity contribution is 5.44. The molecular formula is C23H30N2O3. The summed E-state index contributed by atoms with van der Waals surface area (Å²) in [6.45, 7) is 4.61. The minimum atomic E-state index is -0.0639. The van der Waals surface area contributed by atoms with Crippen LogP contribution in [0.3, 0.4) is 0 Å². The molecule has 5 heteroatoms. The van der Waals surface area contributed by atoms with E-state index >= 15 is 0 Å². The van der Waals surface area contributed by atoms with Gasteiger partial charge in [-0.1, -0.05) is 36.4 Å². The van der Waals surface area contributed by atoms with E-state index in [9.17, 15) is 5.11 Å². The molecule has 0 aromatic heterocycles. The van der Waals surface area contributed by atoms with Gasteiger partial charge in [0.05, 0.1) is 12.6 Å². The Hall–Kier alpha value is -2.08. The molecule has 5 nitrogen and oxygen atoms in total. The van der Waals surface area contributed by atoms with Crippen LogP contribution in [0.25, 0.3) is 0 Å². The van der Waals surface area contributed by atoms with Gasteiger partial charge < -0.3 is 24.8 Å². The van der Waals surface area contributed by atoms with E-state index in [1.54, 1.807) is 0 Å². The number of rotatable bonds is 8. The van der Waals surface area contributed by atoms with Crippen LogP contribution in [0.5, 0.6) is 11.5 Å². The van der Waals surface area contributed by atoms with E-state index in [0.29, 0.717) is 13.2 Å². The zero-order chi connectivity index (χ0) is 19.2. The lowest BCUT2D eigenvalue weighted by Gasteiger charge is -2.29. The van der Waals surface area contributed by atoms with Gasteiger partial charge in [0.1, 0.15) is 13.2 Å². The molecule has 0 spiro atoms. The van der Waals surface area contributed by atoms with Crippen LogP contribution in [-0.2, 0) is 6.42 Å². The number of benzene rings is 2. The SMILES string of the molecule is OCC(N[C@@H](Cc1ccc2c(c1)OCCO2)CN1CCCC1)c1ccccc1. The Kier molecular flexibility index (Phi) is 6.47. The van der Waals surface area contributed by atoms with Crippen LogP contribution in [0.4, 0.5) is 0 Å². The molecule has 1 fully saturated rings. The first-order valence-electron chi connectivity index (χ1n) is 10.3. The zero-order valence-corrected chi connectivity index (χ0v) is 16.3. The van der Waals surface area contributed by atoms with E-state index in [1.807, 2.05) is 24.3 Å². The summed E-state index contributed by atoms with van der Waals surface area (Å²) in [6.07, 6.45) is 3.44. The van der Waals surface area contributed by atoms with E-state index in [1.165, 1.54) is 18.4 Å². The number of hydrogen-bond donors (Lipinski definition) is 2. The van der Waals surface area contributed by atoms with Gasteiger partial charge in [-0.3, -0.25) is 0 Å². The highest BCUT2D eigenvalue weighted by Gasteiger charge is 2.22. The Bertz CT molecular complexity index is 747. The second-order valence-corrected chi connectivity index (χ2v) is 7.70. The van der Waals surface area contributed by atoms with E-state index in [4.69, 9.17) is 9.47 Å². The van der Waals surface area contributed by atoms with Crippen LogP contribution in [0.2, 0.25) is 0 Å². The number of nitrogens with zero attached hydrogens (tertiary/aromatic N) is 1. The van der Waals surface area contributed by atoms with Crippen molar-refractivity contribution in [2.75, 3.05) is 39.5 Å². The molecule has 2 atom stereocenters. The Morgan fingerprint density at radius 2 is 1.71 bits per heavy atom. The number of aliphatic hydroxyl groups excluding tert-OH is 1. The molecule has 2 heterocycles. The molecule has 2 aliphatic rings. The number of fused-ring (bicyclic) bond motifs is 1. The van der Waals surface area contributed by atoms with Gasteiger partial charge in [-0.15, -0.1) is 0 Å². The molecular weight excluding hydrogens is 352 g/mol. The molecule has 1 unspecified atom stereocenters. The van der Waals surface area contributed by atoms with Crippen LogP contribution >= 0.6 is 0 Å². The normalized spacial score (nSPS) is 18.8. The number of aliphatic hydroxyl groups is 1. The van der Waals surface area contributed by atoms with Crippen molar-refractivity contribution in [2.24, 2.45) is 0 Å². The molecule has 2 aliphatic heterocycles. The Balaban J connectivity index is 1.49. The second-order valence-electron chi connectivity index (χ2n) is 7.70. The van der Waals surface area contributed by atoms with Gasteiger partial charge in [0, 0.05) is 12.6 Å². The maximum atomic E-state index is 10.0. The lowest BCUT2D eigenvalue weighted by atomic mass is 10.0. The molecule has 150 valence electrons. The van der Waals surface area contributed by atoms with Gasteiger partial charge in [-0.05, 0) is 55.6 Å². The van der Waals surface area contributed by atoms with Crippen molar-refractivity contribution in [3.63, 3.8) is 0 Å². The smallest absolute Gasteiger partial charge is 0.161 e. The predicted octanol–water partition coefficient (Wildman–Crippen LogP) is 2.79. The third-order valence-electron chi connectivity index (χ3n) is 5.59. The maximum Gasteiger partial charge on any atom is 0.161 e. The summed E-state index contributed by atoms with van der Waals surface area (Å²) >= 11 is 0. The summed E-state index contributed by atoms with van der Waals surface area (Å²) in [5.74, 6) is 1.67. The van der Waals surface area contributed by atoms with Gasteiger partial charge in [0.2, 0.25) is 0 Å². The fourth-order valence-corrected chi connectivity index (χ4v) is 4.18. The average molecular weight is 383 g/mol. The first kappa shape index (κ1) is 19.2. The molecule has 0 radical (unpaired) electrons. The third-order valence-corrected chi connectivity index (χ3v) is 5.59. The topological polar surface area (TPSA) is 54.0 Å². The van der Waals surface area contributed by atoms with Crippen LogP contribution in [0.1, 0.15) is 30.0 Å². The highest BCUT2D eigenvalue weighted by atomic mass is 16.6.